The van der Waals surface area contributed by atoms with Crippen LogP contribution in [-0.2, 0) is 20.9 Å². The molecule has 0 bridgehead atoms. The van der Waals surface area contributed by atoms with E-state index >= 15 is 0 Å². The number of hydrogen-bond donors (Lipinski definition) is 0. The molecule has 1 saturated heterocycles. The number of carbonyl (C=O) groups is 1. The molecule has 1 aromatic carbocycles. The van der Waals surface area contributed by atoms with Gasteiger partial charge in [-0.2, -0.15) is 0 Å². The van der Waals surface area contributed by atoms with Crippen molar-refractivity contribution in [1.82, 2.24) is 0 Å². The van der Waals surface area contributed by atoms with E-state index in [4.69, 9.17) is 9.47 Å². The fourth-order valence-electron chi connectivity index (χ4n) is 5.89. The quantitative estimate of drug-likeness (QED) is 0.0926. The monoisotopic (exact) mass is 516 g/mol. The van der Waals surface area contributed by atoms with Crippen molar-refractivity contribution in [2.45, 2.75) is 160 Å². The SMILES string of the molecule is CCCCCCCCCCC[C@H](C[C@@H]1OC(=O)C1(CCCCCC)[Si](C)(C)C)OCc1ccccc1. The Morgan fingerprint density at radius 1 is 0.833 bits per heavy atom. The first-order chi connectivity index (χ1) is 17.3. The van der Waals surface area contributed by atoms with Gasteiger partial charge in [0.25, 0.3) is 0 Å². The second-order valence-electron chi connectivity index (χ2n) is 12.2. The highest BCUT2D eigenvalue weighted by atomic mass is 28.3. The third-order valence-electron chi connectivity index (χ3n) is 8.36. The average Bonchev–Trinajstić information content (AvgIpc) is 2.85. The lowest BCUT2D eigenvalue weighted by atomic mass is 9.85. The lowest BCUT2D eigenvalue weighted by Crippen LogP contribution is -2.63. The number of rotatable bonds is 21. The van der Waals surface area contributed by atoms with Crippen LogP contribution in [0.3, 0.4) is 0 Å². The van der Waals surface area contributed by atoms with Crippen molar-refractivity contribution in [3.05, 3.63) is 35.9 Å². The molecule has 0 aliphatic carbocycles. The zero-order valence-electron chi connectivity index (χ0n) is 24.3. The zero-order valence-corrected chi connectivity index (χ0v) is 25.3. The van der Waals surface area contributed by atoms with Crippen LogP contribution in [0.1, 0.15) is 122 Å². The number of esters is 1. The summed E-state index contributed by atoms with van der Waals surface area (Å²) in [6.45, 7) is 12.2. The Morgan fingerprint density at radius 3 is 1.94 bits per heavy atom. The minimum absolute atomic E-state index is 0.0256. The Hall–Kier alpha value is -1.13. The average molecular weight is 517 g/mol. The van der Waals surface area contributed by atoms with Crippen molar-refractivity contribution >= 4 is 14.0 Å². The molecule has 1 aliphatic rings. The summed E-state index contributed by atoms with van der Waals surface area (Å²) in [6.07, 6.45) is 19.9. The molecule has 0 aromatic heterocycles. The topological polar surface area (TPSA) is 35.5 Å². The summed E-state index contributed by atoms with van der Waals surface area (Å²) >= 11 is 0. The second kappa shape index (κ2) is 16.7. The van der Waals surface area contributed by atoms with Crippen LogP contribution in [0.25, 0.3) is 0 Å². The summed E-state index contributed by atoms with van der Waals surface area (Å²) in [5.41, 5.74) is 1.22. The van der Waals surface area contributed by atoms with E-state index in [9.17, 15) is 4.79 Å². The standard InChI is InChI=1S/C32H56O3Si/c1-6-8-10-12-13-14-15-16-20-24-29(34-27-28-22-18-17-19-23-28)26-30-32(31(33)35-30,36(3,4)5)25-21-11-9-7-2/h17-19,22-23,29-30H,6-16,20-21,24-27H2,1-5H3/t29-,30+,32?/m1/s1. The Kier molecular flexibility index (Phi) is 14.4. The third-order valence-corrected chi connectivity index (χ3v) is 11.8. The number of hydrogen-bond acceptors (Lipinski definition) is 3. The maximum absolute atomic E-state index is 13.0. The molecule has 0 N–H and O–H groups in total. The number of unbranched alkanes of at least 4 members (excludes halogenated alkanes) is 11. The lowest BCUT2D eigenvalue weighted by molar-refractivity contribution is -0.187. The van der Waals surface area contributed by atoms with Gasteiger partial charge in [-0.05, 0) is 18.4 Å². The third kappa shape index (κ3) is 9.63. The van der Waals surface area contributed by atoms with E-state index in [1.54, 1.807) is 0 Å². The van der Waals surface area contributed by atoms with Crippen LogP contribution in [0.15, 0.2) is 30.3 Å². The van der Waals surface area contributed by atoms with Gasteiger partial charge in [0.1, 0.15) is 6.10 Å². The highest BCUT2D eigenvalue weighted by Gasteiger charge is 2.64. The first-order valence-corrected chi connectivity index (χ1v) is 18.7. The van der Waals surface area contributed by atoms with Gasteiger partial charge in [-0.15, -0.1) is 0 Å². The molecule has 1 aromatic rings. The van der Waals surface area contributed by atoms with E-state index < -0.39 is 8.07 Å². The largest absolute Gasteiger partial charge is 0.461 e. The van der Waals surface area contributed by atoms with E-state index in [1.165, 1.54) is 82.6 Å². The van der Waals surface area contributed by atoms with Gasteiger partial charge >= 0.3 is 5.97 Å². The van der Waals surface area contributed by atoms with E-state index in [1.807, 2.05) is 0 Å². The number of benzene rings is 1. The summed E-state index contributed by atoms with van der Waals surface area (Å²) in [6, 6.07) is 10.5. The fraction of sp³-hybridized carbons (Fsp3) is 0.781. The maximum Gasteiger partial charge on any atom is 0.313 e. The highest BCUT2D eigenvalue weighted by molar-refractivity contribution is 6.83. The molecule has 36 heavy (non-hydrogen) atoms. The van der Waals surface area contributed by atoms with Gasteiger partial charge in [0.05, 0.1) is 25.8 Å². The maximum atomic E-state index is 13.0. The lowest BCUT2D eigenvalue weighted by Gasteiger charge is -2.54. The predicted molar refractivity (Wildman–Crippen MR) is 156 cm³/mol. The molecule has 1 aliphatic heterocycles. The molecule has 1 heterocycles. The van der Waals surface area contributed by atoms with Crippen LogP contribution in [0.5, 0.6) is 0 Å². The van der Waals surface area contributed by atoms with E-state index in [0.29, 0.717) is 6.61 Å². The summed E-state index contributed by atoms with van der Waals surface area (Å²) in [5, 5.41) is -0.242. The van der Waals surface area contributed by atoms with Gasteiger partial charge in [-0.1, -0.05) is 147 Å². The number of cyclic esters (lactones) is 1. The molecule has 0 saturated carbocycles. The molecule has 3 nitrogen and oxygen atoms in total. The van der Waals surface area contributed by atoms with Crippen LogP contribution in [-0.4, -0.2) is 26.3 Å². The number of ether oxygens (including phenoxy) is 2. The summed E-state index contributed by atoms with van der Waals surface area (Å²) in [4.78, 5) is 13.0. The summed E-state index contributed by atoms with van der Waals surface area (Å²) < 4.78 is 12.4. The molecule has 206 valence electrons. The van der Waals surface area contributed by atoms with Crippen LogP contribution < -0.4 is 0 Å². The van der Waals surface area contributed by atoms with Gasteiger partial charge in [0, 0.05) is 6.42 Å². The Balaban J connectivity index is 1.94. The first-order valence-electron chi connectivity index (χ1n) is 15.2. The van der Waals surface area contributed by atoms with Crippen molar-refractivity contribution < 1.29 is 14.3 Å². The van der Waals surface area contributed by atoms with Crippen LogP contribution in [0, 0.1) is 0 Å². The predicted octanol–water partition coefficient (Wildman–Crippen LogP) is 9.86. The summed E-state index contributed by atoms with van der Waals surface area (Å²) in [7, 11) is -1.76. The van der Waals surface area contributed by atoms with E-state index in [-0.39, 0.29) is 23.2 Å². The molecule has 2 rings (SSSR count). The molecule has 4 heteroatoms. The number of carbonyl (C=O) groups excluding carboxylic acids is 1. The van der Waals surface area contributed by atoms with Gasteiger partial charge in [-0.3, -0.25) is 4.79 Å². The highest BCUT2D eigenvalue weighted by Crippen LogP contribution is 2.57. The summed E-state index contributed by atoms with van der Waals surface area (Å²) in [5.74, 6) is 0.0769. The molecule has 0 radical (unpaired) electrons. The molecular formula is C32H56O3Si. The van der Waals surface area contributed by atoms with Crippen LogP contribution in [0.4, 0.5) is 0 Å². The van der Waals surface area contributed by atoms with Gasteiger partial charge < -0.3 is 9.47 Å². The van der Waals surface area contributed by atoms with Crippen molar-refractivity contribution in [2.75, 3.05) is 0 Å². The Morgan fingerprint density at radius 2 is 1.39 bits per heavy atom. The van der Waals surface area contributed by atoms with Crippen molar-refractivity contribution in [3.63, 3.8) is 0 Å². The molecular weight excluding hydrogens is 460 g/mol. The Labute approximate surface area is 224 Å². The Bertz CT molecular complexity index is 714. The minimum atomic E-state index is -1.76. The molecule has 1 fully saturated rings. The molecule has 0 spiro atoms. The van der Waals surface area contributed by atoms with Crippen molar-refractivity contribution in [3.8, 4) is 0 Å². The van der Waals surface area contributed by atoms with Gasteiger partial charge in [0.15, 0.2) is 0 Å². The molecule has 0 amide bonds. The van der Waals surface area contributed by atoms with Gasteiger partial charge in [-0.25, -0.2) is 0 Å². The van der Waals surface area contributed by atoms with E-state index in [2.05, 4.69) is 63.8 Å². The van der Waals surface area contributed by atoms with Gasteiger partial charge in [0.2, 0.25) is 0 Å². The molecule has 3 atom stereocenters. The van der Waals surface area contributed by atoms with Crippen molar-refractivity contribution in [1.29, 1.82) is 0 Å². The first kappa shape index (κ1) is 31.1. The second-order valence-corrected chi connectivity index (χ2v) is 17.6. The van der Waals surface area contributed by atoms with E-state index in [0.717, 1.165) is 25.7 Å². The molecule has 1 unspecified atom stereocenters. The van der Waals surface area contributed by atoms with Crippen LogP contribution in [0.2, 0.25) is 24.7 Å². The minimum Gasteiger partial charge on any atom is -0.461 e. The fourth-order valence-corrected chi connectivity index (χ4v) is 8.64. The zero-order chi connectivity index (χ0) is 26.3. The van der Waals surface area contributed by atoms with Crippen molar-refractivity contribution in [2.24, 2.45) is 0 Å². The smallest absolute Gasteiger partial charge is 0.313 e. The van der Waals surface area contributed by atoms with Crippen LogP contribution >= 0.6 is 0 Å². The normalized spacial score (nSPS) is 20.7.